The van der Waals surface area contributed by atoms with Crippen molar-refractivity contribution >= 4 is 22.4 Å². The van der Waals surface area contributed by atoms with Crippen LogP contribution in [0, 0.1) is 6.92 Å². The number of anilines is 1. The number of rotatable bonds is 5. The fraction of sp³-hybridized carbons (Fsp3) is 0.235. The van der Waals surface area contributed by atoms with Crippen LogP contribution >= 0.6 is 11.5 Å². The van der Waals surface area contributed by atoms with Gasteiger partial charge in [0.2, 0.25) is 0 Å². The zero-order valence-corrected chi connectivity index (χ0v) is 14.7. The quantitative estimate of drug-likeness (QED) is 0.775. The molecule has 6 nitrogen and oxygen atoms in total. The van der Waals surface area contributed by atoms with Gasteiger partial charge in [-0.15, -0.1) is 0 Å². The van der Waals surface area contributed by atoms with Gasteiger partial charge in [0.25, 0.3) is 5.91 Å². The average Bonchev–Trinajstić information content (AvgIpc) is 3.21. The largest absolute Gasteiger partial charge is 0.378 e. The van der Waals surface area contributed by atoms with E-state index in [4.69, 9.17) is 0 Å². The minimum atomic E-state index is -0.0435. The lowest BCUT2D eigenvalue weighted by molar-refractivity contribution is 0.0785. The minimum Gasteiger partial charge on any atom is -0.378 e. The van der Waals surface area contributed by atoms with Crippen molar-refractivity contribution < 1.29 is 4.79 Å². The van der Waals surface area contributed by atoms with E-state index in [0.29, 0.717) is 12.1 Å². The molecule has 24 heavy (non-hydrogen) atoms. The van der Waals surface area contributed by atoms with Crippen molar-refractivity contribution in [3.8, 4) is 5.69 Å². The third kappa shape index (κ3) is 3.16. The summed E-state index contributed by atoms with van der Waals surface area (Å²) < 4.78 is 6.07. The molecule has 0 atom stereocenters. The normalized spacial score (nSPS) is 10.6. The number of amides is 1. The van der Waals surface area contributed by atoms with Crippen LogP contribution in [-0.4, -0.2) is 39.1 Å². The molecule has 0 spiro atoms. The summed E-state index contributed by atoms with van der Waals surface area (Å²) in [5.74, 6) is -0.0435. The summed E-state index contributed by atoms with van der Waals surface area (Å²) in [6.07, 6.45) is 3.73. The van der Waals surface area contributed by atoms with E-state index < -0.39 is 0 Å². The Balaban J connectivity index is 1.75. The van der Waals surface area contributed by atoms with Crippen molar-refractivity contribution in [2.45, 2.75) is 13.5 Å². The first kappa shape index (κ1) is 16.2. The molecule has 124 valence electrons. The Labute approximate surface area is 144 Å². The van der Waals surface area contributed by atoms with Gasteiger partial charge in [0.15, 0.2) is 0 Å². The molecular weight excluding hydrogens is 322 g/mol. The molecule has 2 aromatic heterocycles. The Bertz CT molecular complexity index is 840. The molecule has 1 aromatic carbocycles. The third-order valence-corrected chi connectivity index (χ3v) is 4.68. The Hall–Kier alpha value is -2.67. The zero-order chi connectivity index (χ0) is 17.1. The van der Waals surface area contributed by atoms with E-state index >= 15 is 0 Å². The minimum absolute atomic E-state index is 0.0435. The molecular formula is C17H19N5OS. The number of carbonyl (C=O) groups is 1. The molecule has 0 bridgehead atoms. The number of aryl methyl sites for hydroxylation is 1. The summed E-state index contributed by atoms with van der Waals surface area (Å²) in [6.45, 7) is 2.34. The summed E-state index contributed by atoms with van der Waals surface area (Å²) in [4.78, 5) is 14.4. The van der Waals surface area contributed by atoms with E-state index in [1.807, 2.05) is 48.1 Å². The highest BCUT2D eigenvalue weighted by Gasteiger charge is 2.21. The Kier molecular flexibility index (Phi) is 4.61. The maximum atomic E-state index is 12.7. The van der Waals surface area contributed by atoms with Crippen LogP contribution in [-0.2, 0) is 6.54 Å². The lowest BCUT2D eigenvalue weighted by atomic mass is 10.2. The van der Waals surface area contributed by atoms with E-state index in [1.54, 1.807) is 25.2 Å². The van der Waals surface area contributed by atoms with E-state index in [2.05, 4.69) is 14.8 Å². The van der Waals surface area contributed by atoms with E-state index in [-0.39, 0.29) is 5.91 Å². The number of nitrogens with one attached hydrogen (secondary N) is 1. The van der Waals surface area contributed by atoms with E-state index in [0.717, 1.165) is 21.9 Å². The second kappa shape index (κ2) is 6.84. The first-order valence-electron chi connectivity index (χ1n) is 7.58. The van der Waals surface area contributed by atoms with Crippen molar-refractivity contribution in [3.05, 3.63) is 59.5 Å². The Morgan fingerprint density at radius 3 is 2.79 bits per heavy atom. The van der Waals surface area contributed by atoms with Gasteiger partial charge in [0.05, 0.1) is 23.1 Å². The highest BCUT2D eigenvalue weighted by atomic mass is 32.1. The number of benzene rings is 1. The first-order valence-corrected chi connectivity index (χ1v) is 8.36. The van der Waals surface area contributed by atoms with Crippen LogP contribution in [0.25, 0.3) is 5.69 Å². The van der Waals surface area contributed by atoms with Gasteiger partial charge in [-0.1, -0.05) is 18.2 Å². The molecule has 7 heteroatoms. The van der Waals surface area contributed by atoms with Crippen molar-refractivity contribution in [2.75, 3.05) is 19.4 Å². The van der Waals surface area contributed by atoms with Crippen molar-refractivity contribution in [1.29, 1.82) is 0 Å². The molecule has 2 heterocycles. The van der Waals surface area contributed by atoms with Gasteiger partial charge in [0, 0.05) is 32.4 Å². The second-order valence-corrected chi connectivity index (χ2v) is 6.29. The van der Waals surface area contributed by atoms with Gasteiger partial charge >= 0.3 is 0 Å². The molecule has 0 radical (unpaired) electrons. The molecule has 0 aliphatic carbocycles. The summed E-state index contributed by atoms with van der Waals surface area (Å²) in [6, 6.07) is 9.89. The number of hydrogen-bond donors (Lipinski definition) is 1. The lowest BCUT2D eigenvalue weighted by Gasteiger charge is -2.16. The SMILES string of the molecule is CNc1snc(C)c1C(=O)N(C)Cc1cnn(-c2ccccc2)c1. The van der Waals surface area contributed by atoms with Crippen LogP contribution in [0.4, 0.5) is 5.00 Å². The molecule has 0 saturated heterocycles. The standard InChI is InChI=1S/C17H19N5OS/c1-12-15(16(18-2)24-20-12)17(23)21(3)10-13-9-19-22(11-13)14-7-5-4-6-8-14/h4-9,11,18H,10H2,1-3H3. The van der Waals surface area contributed by atoms with Crippen molar-refractivity contribution in [1.82, 2.24) is 19.1 Å². The van der Waals surface area contributed by atoms with Crippen LogP contribution in [0.1, 0.15) is 21.6 Å². The molecule has 0 fully saturated rings. The summed E-state index contributed by atoms with van der Waals surface area (Å²) in [5.41, 5.74) is 3.36. The lowest BCUT2D eigenvalue weighted by Crippen LogP contribution is -2.26. The molecule has 1 N–H and O–H groups in total. The van der Waals surface area contributed by atoms with Gasteiger partial charge in [-0.3, -0.25) is 4.79 Å². The fourth-order valence-electron chi connectivity index (χ4n) is 2.49. The number of carbonyl (C=O) groups excluding carboxylic acids is 1. The fourth-order valence-corrected chi connectivity index (χ4v) is 3.23. The summed E-state index contributed by atoms with van der Waals surface area (Å²) in [5, 5.41) is 8.20. The van der Waals surface area contributed by atoms with E-state index in [1.165, 1.54) is 11.5 Å². The van der Waals surface area contributed by atoms with Crippen molar-refractivity contribution in [3.63, 3.8) is 0 Å². The number of nitrogens with zero attached hydrogens (tertiary/aromatic N) is 4. The summed E-state index contributed by atoms with van der Waals surface area (Å²) in [7, 11) is 3.59. The number of aromatic nitrogens is 3. The van der Waals surface area contributed by atoms with Gasteiger partial charge in [-0.05, 0) is 30.6 Å². The Morgan fingerprint density at radius 1 is 1.33 bits per heavy atom. The molecule has 3 aromatic rings. The Morgan fingerprint density at radius 2 is 2.08 bits per heavy atom. The molecule has 0 aliphatic rings. The number of hydrogen-bond acceptors (Lipinski definition) is 5. The van der Waals surface area contributed by atoms with Crippen LogP contribution in [0.2, 0.25) is 0 Å². The van der Waals surface area contributed by atoms with Crippen LogP contribution < -0.4 is 5.32 Å². The van der Waals surface area contributed by atoms with Crippen molar-refractivity contribution in [2.24, 2.45) is 0 Å². The predicted octanol–water partition coefficient (Wildman–Crippen LogP) is 2.95. The highest BCUT2D eigenvalue weighted by Crippen LogP contribution is 2.25. The van der Waals surface area contributed by atoms with Gasteiger partial charge in [-0.25, -0.2) is 4.68 Å². The van der Waals surface area contributed by atoms with Gasteiger partial charge < -0.3 is 10.2 Å². The monoisotopic (exact) mass is 341 g/mol. The predicted molar refractivity (Wildman–Crippen MR) is 95.8 cm³/mol. The zero-order valence-electron chi connectivity index (χ0n) is 13.9. The topological polar surface area (TPSA) is 63.1 Å². The molecule has 1 amide bonds. The molecule has 0 saturated carbocycles. The van der Waals surface area contributed by atoms with Crippen LogP contribution in [0.5, 0.6) is 0 Å². The average molecular weight is 341 g/mol. The third-order valence-electron chi connectivity index (χ3n) is 3.73. The smallest absolute Gasteiger partial charge is 0.258 e. The number of para-hydroxylation sites is 1. The van der Waals surface area contributed by atoms with E-state index in [9.17, 15) is 4.79 Å². The van der Waals surface area contributed by atoms with Crippen LogP contribution in [0.3, 0.4) is 0 Å². The molecule has 0 aliphatic heterocycles. The maximum absolute atomic E-state index is 12.7. The molecule has 3 rings (SSSR count). The second-order valence-electron chi connectivity index (χ2n) is 5.51. The first-order chi connectivity index (χ1) is 11.6. The van der Waals surface area contributed by atoms with Crippen LogP contribution in [0.15, 0.2) is 42.7 Å². The molecule has 0 unspecified atom stereocenters. The maximum Gasteiger partial charge on any atom is 0.258 e. The van der Waals surface area contributed by atoms with Gasteiger partial charge in [0.1, 0.15) is 5.00 Å². The summed E-state index contributed by atoms with van der Waals surface area (Å²) >= 11 is 1.30. The van der Waals surface area contributed by atoms with Gasteiger partial charge in [-0.2, -0.15) is 9.47 Å². The highest BCUT2D eigenvalue weighted by molar-refractivity contribution is 7.10.